The van der Waals surface area contributed by atoms with Crippen LogP contribution in [0.3, 0.4) is 0 Å². The van der Waals surface area contributed by atoms with E-state index >= 15 is 0 Å². The number of pyridine rings is 1. The van der Waals surface area contributed by atoms with Gasteiger partial charge in [0.2, 0.25) is 0 Å². The third-order valence-electron chi connectivity index (χ3n) is 5.11. The standard InChI is InChI=1S/C26H23ClN4O3/c1-17-14-18(2)31(30-17)23-13-12-21(27)25(29-23)26(33)34-16-24(32)28-22-11-7-6-10-20(22)15-19-8-4-3-5-9-19/h3-14H,15-16H2,1-2H3,(H,28,32). The number of halogens is 1. The van der Waals surface area contributed by atoms with Crippen LogP contribution in [-0.4, -0.2) is 33.2 Å². The van der Waals surface area contributed by atoms with Gasteiger partial charge in [0.1, 0.15) is 0 Å². The minimum absolute atomic E-state index is 0.0796. The van der Waals surface area contributed by atoms with Crippen molar-refractivity contribution in [2.75, 3.05) is 11.9 Å². The number of benzene rings is 2. The van der Waals surface area contributed by atoms with Gasteiger partial charge in [0.15, 0.2) is 18.1 Å². The summed E-state index contributed by atoms with van der Waals surface area (Å²) in [5.74, 6) is -0.818. The van der Waals surface area contributed by atoms with Crippen LogP contribution in [0.25, 0.3) is 5.82 Å². The third-order valence-corrected chi connectivity index (χ3v) is 5.42. The summed E-state index contributed by atoms with van der Waals surface area (Å²) < 4.78 is 6.81. The summed E-state index contributed by atoms with van der Waals surface area (Å²) in [6, 6.07) is 22.6. The summed E-state index contributed by atoms with van der Waals surface area (Å²) in [5.41, 5.74) is 4.34. The molecule has 8 heteroatoms. The Bertz CT molecular complexity index is 1340. The van der Waals surface area contributed by atoms with Crippen LogP contribution in [0.15, 0.2) is 72.8 Å². The van der Waals surface area contributed by atoms with Gasteiger partial charge in [-0.15, -0.1) is 0 Å². The van der Waals surface area contributed by atoms with E-state index in [2.05, 4.69) is 15.4 Å². The summed E-state index contributed by atoms with van der Waals surface area (Å²) in [7, 11) is 0. The Morgan fingerprint density at radius 3 is 2.47 bits per heavy atom. The lowest BCUT2D eigenvalue weighted by Gasteiger charge is -2.12. The summed E-state index contributed by atoms with van der Waals surface area (Å²) in [4.78, 5) is 29.4. The smallest absolute Gasteiger partial charge is 0.359 e. The van der Waals surface area contributed by atoms with Crippen molar-refractivity contribution in [2.45, 2.75) is 20.3 Å². The van der Waals surface area contributed by atoms with Crippen LogP contribution in [0.2, 0.25) is 5.02 Å². The van der Waals surface area contributed by atoms with Crippen molar-refractivity contribution in [1.82, 2.24) is 14.8 Å². The Kier molecular flexibility index (Phi) is 7.04. The number of aromatic nitrogens is 3. The Morgan fingerprint density at radius 2 is 1.74 bits per heavy atom. The van der Waals surface area contributed by atoms with Gasteiger partial charge in [-0.3, -0.25) is 4.79 Å². The molecule has 0 bridgehead atoms. The number of hydrogen-bond donors (Lipinski definition) is 1. The van der Waals surface area contributed by atoms with E-state index in [1.54, 1.807) is 16.8 Å². The fraction of sp³-hybridized carbons (Fsp3) is 0.154. The molecule has 2 aromatic carbocycles. The second-order valence-electron chi connectivity index (χ2n) is 7.78. The molecule has 0 unspecified atom stereocenters. The van der Waals surface area contributed by atoms with Crippen molar-refractivity contribution in [3.05, 3.63) is 106 Å². The third kappa shape index (κ3) is 5.50. The molecule has 0 aliphatic heterocycles. The lowest BCUT2D eigenvalue weighted by molar-refractivity contribution is -0.119. The molecular weight excluding hydrogens is 452 g/mol. The molecule has 1 amide bonds. The number of esters is 1. The van der Waals surface area contributed by atoms with Crippen LogP contribution < -0.4 is 5.32 Å². The SMILES string of the molecule is Cc1cc(C)n(-c2ccc(Cl)c(C(=O)OCC(=O)Nc3ccccc3Cc3ccccc3)n2)n1. The van der Waals surface area contributed by atoms with Gasteiger partial charge in [0.25, 0.3) is 5.91 Å². The summed E-state index contributed by atoms with van der Waals surface area (Å²) in [5, 5.41) is 7.31. The fourth-order valence-electron chi connectivity index (χ4n) is 3.55. The van der Waals surface area contributed by atoms with Gasteiger partial charge < -0.3 is 10.1 Å². The molecule has 0 aliphatic carbocycles. The molecule has 172 valence electrons. The van der Waals surface area contributed by atoms with Gasteiger partial charge in [0.05, 0.1) is 10.7 Å². The normalized spacial score (nSPS) is 10.7. The van der Waals surface area contributed by atoms with E-state index in [9.17, 15) is 9.59 Å². The number of nitrogens with zero attached hydrogens (tertiary/aromatic N) is 3. The van der Waals surface area contributed by atoms with Crippen LogP contribution in [0.4, 0.5) is 5.69 Å². The quantitative estimate of drug-likeness (QED) is 0.384. The van der Waals surface area contributed by atoms with Crippen LogP contribution in [0, 0.1) is 13.8 Å². The zero-order chi connectivity index (χ0) is 24.1. The van der Waals surface area contributed by atoms with E-state index < -0.39 is 18.5 Å². The molecule has 0 radical (unpaired) electrons. The molecule has 0 spiro atoms. The predicted octanol–water partition coefficient (Wildman–Crippen LogP) is 4.92. The van der Waals surface area contributed by atoms with Crippen molar-refractivity contribution in [3.63, 3.8) is 0 Å². The van der Waals surface area contributed by atoms with Crippen LogP contribution in [0.1, 0.15) is 33.0 Å². The van der Waals surface area contributed by atoms with E-state index in [1.165, 1.54) is 0 Å². The molecule has 0 saturated heterocycles. The van der Waals surface area contributed by atoms with E-state index in [4.69, 9.17) is 16.3 Å². The van der Waals surface area contributed by atoms with Gasteiger partial charge in [-0.1, -0.05) is 60.1 Å². The molecule has 2 aromatic heterocycles. The molecule has 1 N–H and O–H groups in total. The van der Waals surface area contributed by atoms with Gasteiger partial charge in [0, 0.05) is 11.4 Å². The van der Waals surface area contributed by atoms with E-state index in [-0.39, 0.29) is 10.7 Å². The lowest BCUT2D eigenvalue weighted by Crippen LogP contribution is -2.22. The lowest BCUT2D eigenvalue weighted by atomic mass is 10.0. The minimum atomic E-state index is -0.791. The maximum Gasteiger partial charge on any atom is 0.359 e. The zero-order valence-corrected chi connectivity index (χ0v) is 19.5. The molecule has 0 saturated carbocycles. The highest BCUT2D eigenvalue weighted by Gasteiger charge is 2.18. The number of anilines is 1. The monoisotopic (exact) mass is 474 g/mol. The number of amides is 1. The number of ether oxygens (including phenoxy) is 1. The first-order chi connectivity index (χ1) is 16.4. The number of nitrogens with one attached hydrogen (secondary N) is 1. The van der Waals surface area contributed by atoms with Crippen LogP contribution in [-0.2, 0) is 16.0 Å². The summed E-state index contributed by atoms with van der Waals surface area (Å²) >= 11 is 6.17. The number of carbonyl (C=O) groups is 2. The van der Waals surface area contributed by atoms with Crippen molar-refractivity contribution in [1.29, 1.82) is 0 Å². The van der Waals surface area contributed by atoms with Gasteiger partial charge in [-0.05, 0) is 55.7 Å². The Morgan fingerprint density at radius 1 is 1.00 bits per heavy atom. The molecule has 2 heterocycles. The number of rotatable bonds is 7. The first-order valence-corrected chi connectivity index (χ1v) is 11.1. The average molecular weight is 475 g/mol. The second-order valence-corrected chi connectivity index (χ2v) is 8.19. The van der Waals surface area contributed by atoms with E-state index in [1.807, 2.05) is 74.5 Å². The van der Waals surface area contributed by atoms with Gasteiger partial charge in [-0.25, -0.2) is 14.5 Å². The maximum atomic E-state index is 12.6. The molecule has 0 aliphatic rings. The summed E-state index contributed by atoms with van der Waals surface area (Å²) in [6.07, 6.45) is 0.662. The number of hydrogen-bond acceptors (Lipinski definition) is 5. The second kappa shape index (κ2) is 10.3. The summed E-state index contributed by atoms with van der Waals surface area (Å²) in [6.45, 7) is 3.28. The Hall–Kier alpha value is -3.97. The molecule has 4 rings (SSSR count). The minimum Gasteiger partial charge on any atom is -0.451 e. The highest BCUT2D eigenvalue weighted by Crippen LogP contribution is 2.20. The first kappa shape index (κ1) is 23.2. The maximum absolute atomic E-state index is 12.6. The molecule has 4 aromatic rings. The van der Waals surface area contributed by atoms with Gasteiger partial charge in [-0.2, -0.15) is 5.10 Å². The van der Waals surface area contributed by atoms with Gasteiger partial charge >= 0.3 is 5.97 Å². The predicted molar refractivity (Wildman–Crippen MR) is 130 cm³/mol. The Labute approximate surface area is 202 Å². The molecule has 0 atom stereocenters. The van der Waals surface area contributed by atoms with Crippen LogP contribution >= 0.6 is 11.6 Å². The van der Waals surface area contributed by atoms with Crippen molar-refractivity contribution in [3.8, 4) is 5.82 Å². The molecule has 34 heavy (non-hydrogen) atoms. The number of carbonyl (C=O) groups excluding carboxylic acids is 2. The van der Waals surface area contributed by atoms with E-state index in [0.29, 0.717) is 17.9 Å². The van der Waals surface area contributed by atoms with E-state index in [0.717, 1.165) is 22.5 Å². The van der Waals surface area contributed by atoms with Crippen molar-refractivity contribution < 1.29 is 14.3 Å². The highest BCUT2D eigenvalue weighted by atomic mass is 35.5. The van der Waals surface area contributed by atoms with Crippen molar-refractivity contribution in [2.24, 2.45) is 0 Å². The molecular formula is C26H23ClN4O3. The first-order valence-electron chi connectivity index (χ1n) is 10.7. The van der Waals surface area contributed by atoms with Crippen molar-refractivity contribution >= 4 is 29.2 Å². The highest BCUT2D eigenvalue weighted by molar-refractivity contribution is 6.33. The average Bonchev–Trinajstić information content (AvgIpc) is 3.17. The Balaban J connectivity index is 1.42. The largest absolute Gasteiger partial charge is 0.451 e. The number of aryl methyl sites for hydroxylation is 2. The topological polar surface area (TPSA) is 86.1 Å². The zero-order valence-electron chi connectivity index (χ0n) is 18.8. The molecule has 0 fully saturated rings. The van der Waals surface area contributed by atoms with Crippen LogP contribution in [0.5, 0.6) is 0 Å². The molecule has 7 nitrogen and oxygen atoms in total. The fourth-order valence-corrected chi connectivity index (χ4v) is 3.73. The number of para-hydroxylation sites is 1.